The first-order valence-corrected chi connectivity index (χ1v) is 5.46. The van der Waals surface area contributed by atoms with E-state index < -0.39 is 0 Å². The smallest absolute Gasteiger partial charge is 0.0637 e. The van der Waals surface area contributed by atoms with Crippen molar-refractivity contribution in [2.45, 2.75) is 13.0 Å². The molecule has 0 bridgehead atoms. The Kier molecular flexibility index (Phi) is 3.59. The summed E-state index contributed by atoms with van der Waals surface area (Å²) in [6, 6.07) is 8.89. The highest BCUT2D eigenvalue weighted by atomic mass is 16.5. The first-order chi connectivity index (χ1) is 7.34. The fourth-order valence-electron chi connectivity index (χ4n) is 1.66. The van der Waals surface area contributed by atoms with E-state index in [2.05, 4.69) is 41.8 Å². The van der Waals surface area contributed by atoms with Gasteiger partial charge in [0.25, 0.3) is 0 Å². The summed E-state index contributed by atoms with van der Waals surface area (Å²) in [5.74, 6) is 0. The van der Waals surface area contributed by atoms with Gasteiger partial charge in [0, 0.05) is 24.8 Å². The van der Waals surface area contributed by atoms with E-state index in [9.17, 15) is 0 Å². The van der Waals surface area contributed by atoms with E-state index in [1.54, 1.807) is 0 Å². The van der Waals surface area contributed by atoms with Crippen LogP contribution < -0.4 is 10.6 Å². The number of ether oxygens (including phenoxy) is 1. The standard InChI is InChI=1S/C12H18N2O/c1-10-2-4-11(5-3-10)14-8-12-9-15-7-6-13-12/h2-5,12-14H,6-9H2,1H3. The van der Waals surface area contributed by atoms with E-state index in [1.165, 1.54) is 11.3 Å². The van der Waals surface area contributed by atoms with Crippen LogP contribution in [-0.2, 0) is 4.74 Å². The molecule has 0 saturated carbocycles. The van der Waals surface area contributed by atoms with Crippen molar-refractivity contribution in [2.75, 3.05) is 31.6 Å². The Balaban J connectivity index is 1.79. The molecule has 1 heterocycles. The average Bonchev–Trinajstić information content (AvgIpc) is 2.30. The minimum absolute atomic E-state index is 0.431. The second kappa shape index (κ2) is 5.14. The summed E-state index contributed by atoms with van der Waals surface area (Å²) >= 11 is 0. The average molecular weight is 206 g/mol. The summed E-state index contributed by atoms with van der Waals surface area (Å²) in [6.45, 7) is 5.61. The third-order valence-corrected chi connectivity index (χ3v) is 2.60. The van der Waals surface area contributed by atoms with Gasteiger partial charge in [0.05, 0.1) is 13.2 Å². The largest absolute Gasteiger partial charge is 0.383 e. The molecule has 1 saturated heterocycles. The fraction of sp³-hybridized carbons (Fsp3) is 0.500. The molecule has 1 aliphatic heterocycles. The molecule has 1 aromatic carbocycles. The highest BCUT2D eigenvalue weighted by molar-refractivity contribution is 5.44. The molecular formula is C12H18N2O. The number of morpholine rings is 1. The van der Waals surface area contributed by atoms with Crippen LogP contribution in [0.1, 0.15) is 5.56 Å². The van der Waals surface area contributed by atoms with E-state index in [-0.39, 0.29) is 0 Å². The summed E-state index contributed by atoms with van der Waals surface area (Å²) in [7, 11) is 0. The van der Waals surface area contributed by atoms with Crippen molar-refractivity contribution in [1.82, 2.24) is 5.32 Å². The van der Waals surface area contributed by atoms with Crippen molar-refractivity contribution in [1.29, 1.82) is 0 Å². The van der Waals surface area contributed by atoms with Crippen LogP contribution in [-0.4, -0.2) is 32.3 Å². The van der Waals surface area contributed by atoms with E-state index >= 15 is 0 Å². The zero-order valence-electron chi connectivity index (χ0n) is 9.12. The Morgan fingerprint density at radius 2 is 2.20 bits per heavy atom. The van der Waals surface area contributed by atoms with Crippen molar-refractivity contribution in [3.8, 4) is 0 Å². The molecule has 0 aromatic heterocycles. The summed E-state index contributed by atoms with van der Waals surface area (Å²) < 4.78 is 5.39. The minimum Gasteiger partial charge on any atom is -0.383 e. The molecule has 15 heavy (non-hydrogen) atoms. The molecule has 1 atom stereocenters. The van der Waals surface area contributed by atoms with E-state index in [0.717, 1.165) is 26.3 Å². The SMILES string of the molecule is Cc1ccc(NCC2COCCN2)cc1. The van der Waals surface area contributed by atoms with E-state index in [0.29, 0.717) is 6.04 Å². The predicted molar refractivity (Wildman–Crippen MR) is 62.3 cm³/mol. The number of nitrogens with one attached hydrogen (secondary N) is 2. The lowest BCUT2D eigenvalue weighted by atomic mass is 10.2. The number of rotatable bonds is 3. The number of aryl methyl sites for hydroxylation is 1. The quantitative estimate of drug-likeness (QED) is 0.784. The molecule has 2 N–H and O–H groups in total. The number of hydrogen-bond acceptors (Lipinski definition) is 3. The predicted octanol–water partition coefficient (Wildman–Crippen LogP) is 1.40. The van der Waals surface area contributed by atoms with Crippen LogP contribution in [0.25, 0.3) is 0 Å². The van der Waals surface area contributed by atoms with Gasteiger partial charge in [0.15, 0.2) is 0 Å². The monoisotopic (exact) mass is 206 g/mol. The van der Waals surface area contributed by atoms with Crippen LogP contribution in [0.2, 0.25) is 0 Å². The molecular weight excluding hydrogens is 188 g/mol. The zero-order valence-corrected chi connectivity index (χ0v) is 9.12. The lowest BCUT2D eigenvalue weighted by Gasteiger charge is -2.24. The maximum atomic E-state index is 5.39. The maximum Gasteiger partial charge on any atom is 0.0637 e. The van der Waals surface area contributed by atoms with Crippen LogP contribution >= 0.6 is 0 Å². The molecule has 0 radical (unpaired) electrons. The van der Waals surface area contributed by atoms with Gasteiger partial charge in [-0.25, -0.2) is 0 Å². The molecule has 3 nitrogen and oxygen atoms in total. The topological polar surface area (TPSA) is 33.3 Å². The van der Waals surface area contributed by atoms with E-state index in [1.807, 2.05) is 0 Å². The molecule has 82 valence electrons. The van der Waals surface area contributed by atoms with Gasteiger partial charge in [-0.05, 0) is 19.1 Å². The van der Waals surface area contributed by atoms with E-state index in [4.69, 9.17) is 4.74 Å². The first kappa shape index (κ1) is 10.5. The lowest BCUT2D eigenvalue weighted by molar-refractivity contribution is 0.0806. The van der Waals surface area contributed by atoms with Gasteiger partial charge in [-0.1, -0.05) is 17.7 Å². The van der Waals surface area contributed by atoms with Gasteiger partial charge < -0.3 is 15.4 Å². The van der Waals surface area contributed by atoms with Gasteiger partial charge in [0.1, 0.15) is 0 Å². The minimum atomic E-state index is 0.431. The fourth-order valence-corrected chi connectivity index (χ4v) is 1.66. The number of anilines is 1. The molecule has 1 aliphatic rings. The van der Waals surface area contributed by atoms with Gasteiger partial charge in [-0.2, -0.15) is 0 Å². The van der Waals surface area contributed by atoms with Gasteiger partial charge in [0.2, 0.25) is 0 Å². The first-order valence-electron chi connectivity index (χ1n) is 5.46. The molecule has 1 fully saturated rings. The Bertz CT molecular complexity index is 291. The molecule has 2 rings (SSSR count). The molecule has 0 spiro atoms. The summed E-state index contributed by atoms with van der Waals surface area (Å²) in [4.78, 5) is 0. The summed E-state index contributed by atoms with van der Waals surface area (Å²) in [5, 5.41) is 6.81. The van der Waals surface area contributed by atoms with Crippen molar-refractivity contribution >= 4 is 5.69 Å². The van der Waals surface area contributed by atoms with Crippen molar-refractivity contribution in [3.63, 3.8) is 0 Å². The van der Waals surface area contributed by atoms with Crippen LogP contribution in [0.5, 0.6) is 0 Å². The Labute approximate surface area is 90.8 Å². The third kappa shape index (κ3) is 3.22. The second-order valence-corrected chi connectivity index (χ2v) is 3.97. The molecule has 0 aliphatic carbocycles. The molecule has 0 amide bonds. The van der Waals surface area contributed by atoms with Crippen molar-refractivity contribution in [2.24, 2.45) is 0 Å². The van der Waals surface area contributed by atoms with Gasteiger partial charge >= 0.3 is 0 Å². The van der Waals surface area contributed by atoms with Gasteiger partial charge in [-0.15, -0.1) is 0 Å². The third-order valence-electron chi connectivity index (χ3n) is 2.60. The zero-order chi connectivity index (χ0) is 10.5. The highest BCUT2D eigenvalue weighted by Crippen LogP contribution is 2.08. The summed E-state index contributed by atoms with van der Waals surface area (Å²) in [5.41, 5.74) is 2.47. The van der Waals surface area contributed by atoms with Crippen LogP contribution in [0, 0.1) is 6.92 Å². The number of benzene rings is 1. The number of hydrogen-bond donors (Lipinski definition) is 2. The lowest BCUT2D eigenvalue weighted by Crippen LogP contribution is -2.45. The van der Waals surface area contributed by atoms with Gasteiger partial charge in [-0.3, -0.25) is 0 Å². The van der Waals surface area contributed by atoms with Crippen molar-refractivity contribution in [3.05, 3.63) is 29.8 Å². The molecule has 1 aromatic rings. The molecule has 3 heteroatoms. The highest BCUT2D eigenvalue weighted by Gasteiger charge is 2.11. The normalized spacial score (nSPS) is 21.3. The Morgan fingerprint density at radius 1 is 1.40 bits per heavy atom. The Morgan fingerprint density at radius 3 is 2.87 bits per heavy atom. The second-order valence-electron chi connectivity index (χ2n) is 3.97. The van der Waals surface area contributed by atoms with Crippen LogP contribution in [0.3, 0.4) is 0 Å². The maximum absolute atomic E-state index is 5.39. The van der Waals surface area contributed by atoms with Crippen LogP contribution in [0.15, 0.2) is 24.3 Å². The Hall–Kier alpha value is -1.06. The van der Waals surface area contributed by atoms with Crippen LogP contribution in [0.4, 0.5) is 5.69 Å². The summed E-state index contributed by atoms with van der Waals surface area (Å²) in [6.07, 6.45) is 0. The van der Waals surface area contributed by atoms with Crippen molar-refractivity contribution < 1.29 is 4.74 Å². The molecule has 1 unspecified atom stereocenters.